The maximum atomic E-state index is 13.4. The highest BCUT2D eigenvalue weighted by Crippen LogP contribution is 2.28. The van der Waals surface area contributed by atoms with E-state index in [-0.39, 0.29) is 5.82 Å². The number of halogens is 1. The fourth-order valence-electron chi connectivity index (χ4n) is 1.60. The average molecular weight is 252 g/mol. The van der Waals surface area contributed by atoms with Crippen LogP contribution in [0.25, 0.3) is 0 Å². The molecule has 1 unspecified atom stereocenters. The molecular weight excluding hydrogens is 235 g/mol. The van der Waals surface area contributed by atoms with Crippen LogP contribution in [0.4, 0.5) is 10.1 Å². The number of hydrogen-bond donors (Lipinski definition) is 1. The van der Waals surface area contributed by atoms with E-state index in [2.05, 4.69) is 24.2 Å². The summed E-state index contributed by atoms with van der Waals surface area (Å²) in [6.45, 7) is 7.00. The van der Waals surface area contributed by atoms with Gasteiger partial charge in [-0.1, -0.05) is 31.7 Å². The van der Waals surface area contributed by atoms with Gasteiger partial charge >= 0.3 is 0 Å². The molecule has 1 aromatic carbocycles. The molecule has 1 aliphatic heterocycles. The third-order valence-electron chi connectivity index (χ3n) is 2.84. The lowest BCUT2D eigenvalue weighted by Gasteiger charge is -2.12. The molecule has 1 aliphatic rings. The van der Waals surface area contributed by atoms with E-state index in [4.69, 9.17) is 0 Å². The maximum Gasteiger partial charge on any atom is 0.161 e. The molecule has 1 N–H and O–H groups in total. The zero-order valence-electron chi connectivity index (χ0n) is 10.3. The number of aryl methyl sites for hydroxylation is 1. The van der Waals surface area contributed by atoms with Gasteiger partial charge in [-0.25, -0.2) is 4.39 Å². The van der Waals surface area contributed by atoms with E-state index in [1.165, 1.54) is 6.07 Å². The van der Waals surface area contributed by atoms with Gasteiger partial charge in [0.15, 0.2) is 5.17 Å². The SMILES string of the molecule is Cc1ccc(NC2=NCC(C(C)C)S2)cc1F. The highest BCUT2D eigenvalue weighted by Gasteiger charge is 2.22. The minimum atomic E-state index is -0.181. The number of nitrogens with one attached hydrogen (secondary N) is 1. The van der Waals surface area contributed by atoms with E-state index in [0.29, 0.717) is 16.7 Å². The Hall–Kier alpha value is -1.03. The van der Waals surface area contributed by atoms with E-state index < -0.39 is 0 Å². The number of benzene rings is 1. The van der Waals surface area contributed by atoms with Gasteiger partial charge in [-0.2, -0.15) is 0 Å². The molecule has 0 aromatic heterocycles. The fourth-order valence-corrected chi connectivity index (χ4v) is 2.63. The summed E-state index contributed by atoms with van der Waals surface area (Å²) in [6.07, 6.45) is 0. The van der Waals surface area contributed by atoms with Crippen LogP contribution < -0.4 is 5.32 Å². The van der Waals surface area contributed by atoms with Gasteiger partial charge in [-0.05, 0) is 30.5 Å². The van der Waals surface area contributed by atoms with Crippen LogP contribution in [0.3, 0.4) is 0 Å². The predicted molar refractivity (Wildman–Crippen MR) is 73.3 cm³/mol. The van der Waals surface area contributed by atoms with Gasteiger partial charge in [0.1, 0.15) is 5.82 Å². The van der Waals surface area contributed by atoms with Crippen molar-refractivity contribution < 1.29 is 4.39 Å². The third-order valence-corrected chi connectivity index (χ3v) is 4.30. The average Bonchev–Trinajstić information content (AvgIpc) is 2.72. The monoisotopic (exact) mass is 252 g/mol. The van der Waals surface area contributed by atoms with Gasteiger partial charge in [-0.15, -0.1) is 0 Å². The fraction of sp³-hybridized carbons (Fsp3) is 0.462. The second-order valence-electron chi connectivity index (χ2n) is 4.64. The molecule has 0 fully saturated rings. The normalized spacial score (nSPS) is 19.6. The number of aliphatic imine (C=N–C) groups is 1. The van der Waals surface area contributed by atoms with Crippen LogP contribution in [0.2, 0.25) is 0 Å². The molecule has 0 saturated carbocycles. The van der Waals surface area contributed by atoms with E-state index in [1.54, 1.807) is 24.8 Å². The van der Waals surface area contributed by atoms with Crippen molar-refractivity contribution in [1.82, 2.24) is 0 Å². The molecular formula is C13H17FN2S. The summed E-state index contributed by atoms with van der Waals surface area (Å²) in [5.41, 5.74) is 1.43. The molecule has 0 radical (unpaired) electrons. The molecule has 1 aromatic rings. The number of rotatable bonds is 2. The van der Waals surface area contributed by atoms with Crippen LogP contribution in [0.5, 0.6) is 0 Å². The molecule has 0 bridgehead atoms. The van der Waals surface area contributed by atoms with Crippen molar-refractivity contribution in [2.45, 2.75) is 26.0 Å². The Labute approximate surface area is 106 Å². The van der Waals surface area contributed by atoms with Gasteiger partial charge in [0.05, 0.1) is 6.54 Å². The van der Waals surface area contributed by atoms with Crippen molar-refractivity contribution in [3.63, 3.8) is 0 Å². The van der Waals surface area contributed by atoms with Gasteiger partial charge in [0.25, 0.3) is 0 Å². The molecule has 4 heteroatoms. The van der Waals surface area contributed by atoms with Crippen molar-refractivity contribution in [1.29, 1.82) is 0 Å². The first kappa shape index (κ1) is 12.4. The molecule has 0 amide bonds. The first-order valence-electron chi connectivity index (χ1n) is 5.80. The summed E-state index contributed by atoms with van der Waals surface area (Å²) in [5.74, 6) is 0.428. The molecule has 0 aliphatic carbocycles. The lowest BCUT2D eigenvalue weighted by molar-refractivity contribution is 0.619. The molecule has 92 valence electrons. The highest BCUT2D eigenvalue weighted by molar-refractivity contribution is 8.15. The summed E-state index contributed by atoms with van der Waals surface area (Å²) in [7, 11) is 0. The number of nitrogens with zero attached hydrogens (tertiary/aromatic N) is 1. The Balaban J connectivity index is 2.00. The van der Waals surface area contributed by atoms with Gasteiger partial charge in [0, 0.05) is 10.9 Å². The Morgan fingerprint density at radius 1 is 1.47 bits per heavy atom. The molecule has 17 heavy (non-hydrogen) atoms. The largest absolute Gasteiger partial charge is 0.335 e. The lowest BCUT2D eigenvalue weighted by atomic mass is 10.1. The van der Waals surface area contributed by atoms with Crippen LogP contribution in [-0.4, -0.2) is 17.0 Å². The predicted octanol–water partition coefficient (Wildman–Crippen LogP) is 3.67. The standard InChI is InChI=1S/C13H17FN2S/c1-8(2)12-7-15-13(17-12)16-10-5-4-9(3)11(14)6-10/h4-6,8,12H,7H2,1-3H3,(H,15,16). The minimum absolute atomic E-state index is 0.181. The highest BCUT2D eigenvalue weighted by atomic mass is 32.2. The van der Waals surface area contributed by atoms with Crippen LogP contribution in [0.1, 0.15) is 19.4 Å². The number of hydrogen-bond acceptors (Lipinski definition) is 3. The van der Waals surface area contributed by atoms with Gasteiger partial charge in [-0.3, -0.25) is 4.99 Å². The summed E-state index contributed by atoms with van der Waals surface area (Å²) < 4.78 is 13.4. The summed E-state index contributed by atoms with van der Waals surface area (Å²) in [5, 5.41) is 4.60. The third kappa shape index (κ3) is 3.00. The van der Waals surface area contributed by atoms with Crippen LogP contribution >= 0.6 is 11.8 Å². The number of thioether (sulfide) groups is 1. The molecule has 1 atom stereocenters. The van der Waals surface area contributed by atoms with Crippen molar-refractivity contribution in [2.75, 3.05) is 11.9 Å². The van der Waals surface area contributed by atoms with Gasteiger partial charge in [0.2, 0.25) is 0 Å². The zero-order chi connectivity index (χ0) is 12.4. The molecule has 1 heterocycles. The first-order valence-corrected chi connectivity index (χ1v) is 6.68. The summed E-state index contributed by atoms with van der Waals surface area (Å²) >= 11 is 1.74. The Morgan fingerprint density at radius 3 is 2.82 bits per heavy atom. The zero-order valence-corrected chi connectivity index (χ0v) is 11.1. The van der Waals surface area contributed by atoms with Crippen molar-refractivity contribution in [3.8, 4) is 0 Å². The smallest absolute Gasteiger partial charge is 0.161 e. The Morgan fingerprint density at radius 2 is 2.24 bits per heavy atom. The molecule has 2 rings (SSSR count). The molecule has 2 nitrogen and oxygen atoms in total. The van der Waals surface area contributed by atoms with Crippen LogP contribution in [-0.2, 0) is 0 Å². The van der Waals surface area contributed by atoms with Crippen molar-refractivity contribution >= 4 is 22.6 Å². The first-order chi connectivity index (χ1) is 8.06. The molecule has 0 spiro atoms. The summed E-state index contributed by atoms with van der Waals surface area (Å²) in [4.78, 5) is 4.43. The Bertz CT molecular complexity index is 443. The van der Waals surface area contributed by atoms with E-state index in [0.717, 1.165) is 17.4 Å². The van der Waals surface area contributed by atoms with E-state index >= 15 is 0 Å². The quantitative estimate of drug-likeness (QED) is 0.868. The Kier molecular flexibility index (Phi) is 3.72. The lowest BCUT2D eigenvalue weighted by Crippen LogP contribution is -2.13. The van der Waals surface area contributed by atoms with Crippen molar-refractivity contribution in [3.05, 3.63) is 29.6 Å². The maximum absolute atomic E-state index is 13.4. The number of anilines is 1. The van der Waals surface area contributed by atoms with Gasteiger partial charge < -0.3 is 5.32 Å². The van der Waals surface area contributed by atoms with Crippen LogP contribution in [0.15, 0.2) is 23.2 Å². The summed E-state index contributed by atoms with van der Waals surface area (Å²) in [6, 6.07) is 5.17. The van der Waals surface area contributed by atoms with Crippen molar-refractivity contribution in [2.24, 2.45) is 10.9 Å². The minimum Gasteiger partial charge on any atom is -0.335 e. The second-order valence-corrected chi connectivity index (χ2v) is 5.86. The second kappa shape index (κ2) is 5.08. The molecule has 0 saturated heterocycles. The van der Waals surface area contributed by atoms with E-state index in [1.807, 2.05) is 6.07 Å². The van der Waals surface area contributed by atoms with E-state index in [9.17, 15) is 4.39 Å². The van der Waals surface area contributed by atoms with Crippen LogP contribution in [0, 0.1) is 18.7 Å². The topological polar surface area (TPSA) is 24.4 Å². The number of amidine groups is 1.